The van der Waals surface area contributed by atoms with Gasteiger partial charge in [0.1, 0.15) is 5.82 Å². The second-order valence-electron chi connectivity index (χ2n) is 6.24. The van der Waals surface area contributed by atoms with E-state index in [0.717, 1.165) is 12.8 Å². The number of carbonyl (C=O) groups is 1. The predicted molar refractivity (Wildman–Crippen MR) is 104 cm³/mol. The first kappa shape index (κ1) is 21.1. The first-order chi connectivity index (χ1) is 12.4. The SMILES string of the molecule is Cl.NC1CCN(C(=O)c2ccc(S(=O)(=O)Nc3ccccc3F)cc2)CC1. The number of amides is 1. The summed E-state index contributed by atoms with van der Waals surface area (Å²) in [5.41, 5.74) is 6.12. The standard InChI is InChI=1S/C18H20FN3O3S.ClH/c19-16-3-1-2-4-17(16)21-26(24,25)15-7-5-13(6-8-15)18(23)22-11-9-14(20)10-12-22;/h1-8,14,21H,9-12,20H2;1H. The van der Waals surface area contributed by atoms with Gasteiger partial charge < -0.3 is 10.6 Å². The third-order valence-electron chi connectivity index (χ3n) is 4.36. The third kappa shape index (κ3) is 4.97. The van der Waals surface area contributed by atoms with Gasteiger partial charge in [-0.15, -0.1) is 12.4 Å². The molecule has 0 saturated carbocycles. The van der Waals surface area contributed by atoms with E-state index in [1.165, 1.54) is 48.5 Å². The second-order valence-corrected chi connectivity index (χ2v) is 7.92. The van der Waals surface area contributed by atoms with Gasteiger partial charge in [0, 0.05) is 24.7 Å². The number of carbonyl (C=O) groups excluding carboxylic acids is 1. The summed E-state index contributed by atoms with van der Waals surface area (Å²) in [6.07, 6.45) is 1.51. The number of nitrogens with one attached hydrogen (secondary N) is 1. The molecule has 1 aliphatic heterocycles. The summed E-state index contributed by atoms with van der Waals surface area (Å²) in [7, 11) is -3.94. The molecule has 1 heterocycles. The van der Waals surface area contributed by atoms with Crippen LogP contribution in [-0.4, -0.2) is 38.4 Å². The van der Waals surface area contributed by atoms with E-state index in [9.17, 15) is 17.6 Å². The van der Waals surface area contributed by atoms with Crippen LogP contribution >= 0.6 is 12.4 Å². The molecule has 3 N–H and O–H groups in total. The Balaban J connectivity index is 0.00000261. The molecule has 1 amide bonds. The lowest BCUT2D eigenvalue weighted by Crippen LogP contribution is -2.42. The van der Waals surface area contributed by atoms with E-state index in [-0.39, 0.29) is 34.9 Å². The minimum atomic E-state index is -3.94. The van der Waals surface area contributed by atoms with E-state index in [1.807, 2.05) is 0 Å². The molecule has 0 aliphatic carbocycles. The van der Waals surface area contributed by atoms with Crippen LogP contribution in [0.4, 0.5) is 10.1 Å². The van der Waals surface area contributed by atoms with Crippen molar-refractivity contribution in [2.45, 2.75) is 23.8 Å². The Kier molecular flexibility index (Phi) is 6.80. The number of nitrogens with two attached hydrogens (primary N) is 1. The Hall–Kier alpha value is -2.16. The average molecular weight is 414 g/mol. The highest BCUT2D eigenvalue weighted by Crippen LogP contribution is 2.20. The maximum Gasteiger partial charge on any atom is 0.261 e. The monoisotopic (exact) mass is 413 g/mol. The number of sulfonamides is 1. The van der Waals surface area contributed by atoms with Crippen molar-refractivity contribution in [1.82, 2.24) is 4.90 Å². The molecule has 9 heteroatoms. The molecule has 1 fully saturated rings. The molecule has 2 aromatic rings. The number of rotatable bonds is 4. The maximum atomic E-state index is 13.7. The first-order valence-electron chi connectivity index (χ1n) is 8.29. The van der Waals surface area contributed by atoms with Gasteiger partial charge in [-0.2, -0.15) is 0 Å². The molecule has 1 saturated heterocycles. The van der Waals surface area contributed by atoms with Gasteiger partial charge in [0.15, 0.2) is 0 Å². The third-order valence-corrected chi connectivity index (χ3v) is 5.74. The topological polar surface area (TPSA) is 92.5 Å². The van der Waals surface area contributed by atoms with Crippen molar-refractivity contribution in [3.8, 4) is 0 Å². The molecule has 1 aliphatic rings. The zero-order valence-corrected chi connectivity index (χ0v) is 16.1. The van der Waals surface area contributed by atoms with Crippen molar-refractivity contribution in [3.05, 3.63) is 59.9 Å². The van der Waals surface area contributed by atoms with E-state index < -0.39 is 15.8 Å². The molecule has 0 bridgehead atoms. The largest absolute Gasteiger partial charge is 0.339 e. The Morgan fingerprint density at radius 3 is 2.26 bits per heavy atom. The van der Waals surface area contributed by atoms with E-state index in [0.29, 0.717) is 18.7 Å². The number of halogens is 2. The van der Waals surface area contributed by atoms with Crippen molar-refractivity contribution in [2.24, 2.45) is 5.73 Å². The van der Waals surface area contributed by atoms with E-state index in [4.69, 9.17) is 5.73 Å². The van der Waals surface area contributed by atoms with Crippen LogP contribution in [0.2, 0.25) is 0 Å². The lowest BCUT2D eigenvalue weighted by atomic mass is 10.1. The smallest absolute Gasteiger partial charge is 0.261 e. The number of anilines is 1. The summed E-state index contributed by atoms with van der Waals surface area (Å²) in [6.45, 7) is 1.18. The number of hydrogen-bond acceptors (Lipinski definition) is 4. The molecule has 27 heavy (non-hydrogen) atoms. The van der Waals surface area contributed by atoms with Crippen molar-refractivity contribution in [2.75, 3.05) is 17.8 Å². The lowest BCUT2D eigenvalue weighted by molar-refractivity contribution is 0.0714. The van der Waals surface area contributed by atoms with Gasteiger partial charge in [0.05, 0.1) is 10.6 Å². The van der Waals surface area contributed by atoms with Gasteiger partial charge in [0.2, 0.25) is 0 Å². The molecule has 0 spiro atoms. The van der Waals surface area contributed by atoms with Crippen LogP contribution in [0.3, 0.4) is 0 Å². The van der Waals surface area contributed by atoms with E-state index >= 15 is 0 Å². The number of likely N-dealkylation sites (tertiary alicyclic amines) is 1. The maximum absolute atomic E-state index is 13.7. The number of piperidine rings is 1. The van der Waals surface area contributed by atoms with Gasteiger partial charge in [-0.05, 0) is 49.2 Å². The average Bonchev–Trinajstić information content (AvgIpc) is 2.64. The fraction of sp³-hybridized carbons (Fsp3) is 0.278. The Morgan fingerprint density at radius 1 is 1.07 bits per heavy atom. The number of nitrogens with zero attached hydrogens (tertiary/aromatic N) is 1. The van der Waals surface area contributed by atoms with E-state index in [1.54, 1.807) is 4.90 Å². The molecule has 2 aromatic carbocycles. The molecule has 0 atom stereocenters. The van der Waals surface area contributed by atoms with Crippen molar-refractivity contribution >= 4 is 34.0 Å². The highest BCUT2D eigenvalue weighted by atomic mass is 35.5. The Labute approximate surface area is 164 Å². The highest BCUT2D eigenvalue weighted by Gasteiger charge is 2.22. The summed E-state index contributed by atoms with van der Waals surface area (Å²) >= 11 is 0. The van der Waals surface area contributed by atoms with Crippen LogP contribution in [0.15, 0.2) is 53.4 Å². The van der Waals surface area contributed by atoms with Crippen molar-refractivity contribution in [3.63, 3.8) is 0 Å². The zero-order valence-electron chi connectivity index (χ0n) is 14.5. The second kappa shape index (κ2) is 8.69. The molecular weight excluding hydrogens is 393 g/mol. The van der Waals surface area contributed by atoms with Gasteiger partial charge in [-0.3, -0.25) is 9.52 Å². The predicted octanol–water partition coefficient (Wildman–Crippen LogP) is 2.61. The fourth-order valence-corrected chi connectivity index (χ4v) is 3.88. The minimum absolute atomic E-state index is 0. The van der Waals surface area contributed by atoms with Gasteiger partial charge in [-0.25, -0.2) is 12.8 Å². The minimum Gasteiger partial charge on any atom is -0.339 e. The van der Waals surface area contributed by atoms with Crippen molar-refractivity contribution in [1.29, 1.82) is 0 Å². The summed E-state index contributed by atoms with van der Waals surface area (Å²) in [4.78, 5) is 14.1. The van der Waals surface area contributed by atoms with Gasteiger partial charge in [-0.1, -0.05) is 12.1 Å². The summed E-state index contributed by atoms with van der Waals surface area (Å²) < 4.78 is 40.6. The number of hydrogen-bond donors (Lipinski definition) is 2. The van der Waals surface area contributed by atoms with Crippen LogP contribution in [0, 0.1) is 5.82 Å². The lowest BCUT2D eigenvalue weighted by Gasteiger charge is -2.30. The van der Waals surface area contributed by atoms with Gasteiger partial charge in [0.25, 0.3) is 15.9 Å². The summed E-state index contributed by atoms with van der Waals surface area (Å²) in [5.74, 6) is -0.811. The van der Waals surface area contributed by atoms with E-state index in [2.05, 4.69) is 4.72 Å². The molecular formula is C18H21ClFN3O3S. The van der Waals surface area contributed by atoms with Crippen LogP contribution in [0.25, 0.3) is 0 Å². The van der Waals surface area contributed by atoms with Gasteiger partial charge >= 0.3 is 0 Å². The summed E-state index contributed by atoms with van der Waals surface area (Å²) in [6, 6.07) is 11.2. The Bertz CT molecular complexity index is 898. The quantitative estimate of drug-likeness (QED) is 0.805. The molecule has 0 unspecified atom stereocenters. The summed E-state index contributed by atoms with van der Waals surface area (Å²) in [5, 5.41) is 0. The fourth-order valence-electron chi connectivity index (χ4n) is 2.81. The molecule has 0 aromatic heterocycles. The van der Waals surface area contributed by atoms with Crippen LogP contribution in [0.1, 0.15) is 23.2 Å². The van der Waals surface area contributed by atoms with Crippen LogP contribution in [-0.2, 0) is 10.0 Å². The normalized spacial score (nSPS) is 15.1. The molecule has 6 nitrogen and oxygen atoms in total. The molecule has 146 valence electrons. The molecule has 3 rings (SSSR count). The van der Waals surface area contributed by atoms with Crippen LogP contribution < -0.4 is 10.5 Å². The highest BCUT2D eigenvalue weighted by molar-refractivity contribution is 7.92. The van der Waals surface area contributed by atoms with Crippen molar-refractivity contribution < 1.29 is 17.6 Å². The van der Waals surface area contributed by atoms with Crippen LogP contribution in [0.5, 0.6) is 0 Å². The first-order valence-corrected chi connectivity index (χ1v) is 9.77. The Morgan fingerprint density at radius 2 is 1.67 bits per heavy atom. The zero-order chi connectivity index (χ0) is 18.7. The number of para-hydroxylation sites is 1. The number of benzene rings is 2. The molecule has 0 radical (unpaired) electrons.